The van der Waals surface area contributed by atoms with Gasteiger partial charge in [0.05, 0.1) is 0 Å². The molecule has 0 saturated carbocycles. The molecule has 130 valence electrons. The zero-order valence-electron chi connectivity index (χ0n) is 11.4. The van der Waals surface area contributed by atoms with Crippen LogP contribution in [0.25, 0.3) is 0 Å². The van der Waals surface area contributed by atoms with Crippen LogP contribution in [0.5, 0.6) is 0 Å². The number of alkyl halides is 7. The molecule has 0 aliphatic rings. The molecule has 0 aromatic heterocycles. The molecular formula is C11H12ClF7O3. The lowest BCUT2D eigenvalue weighted by atomic mass is 9.84. The van der Waals surface area contributed by atoms with E-state index in [0.717, 1.165) is 0 Å². The fourth-order valence-electron chi connectivity index (χ4n) is 1.49. The molecule has 0 unspecified atom stereocenters. The minimum absolute atomic E-state index is 0.300. The van der Waals surface area contributed by atoms with Crippen LogP contribution >= 0.6 is 11.6 Å². The van der Waals surface area contributed by atoms with E-state index in [1.54, 1.807) is 0 Å². The van der Waals surface area contributed by atoms with Gasteiger partial charge in [-0.05, 0) is 24.4 Å². The Bertz CT molecular complexity index is 430. The number of halogens is 8. The van der Waals surface area contributed by atoms with Crippen LogP contribution in [-0.2, 0) is 14.3 Å². The highest BCUT2D eigenvalue weighted by Crippen LogP contribution is 2.46. The lowest BCUT2D eigenvalue weighted by molar-refractivity contribution is -0.360. The van der Waals surface area contributed by atoms with E-state index in [1.807, 2.05) is 0 Å². The molecule has 0 aliphatic carbocycles. The summed E-state index contributed by atoms with van der Waals surface area (Å²) in [5.74, 6) is -13.8. The summed E-state index contributed by atoms with van der Waals surface area (Å²) in [7, 11) is 0. The van der Waals surface area contributed by atoms with E-state index in [4.69, 9.17) is 11.6 Å². The quantitative estimate of drug-likeness (QED) is 0.299. The van der Waals surface area contributed by atoms with Gasteiger partial charge in [0.15, 0.2) is 6.61 Å². The second-order valence-corrected chi connectivity index (χ2v) is 4.76. The summed E-state index contributed by atoms with van der Waals surface area (Å²) in [4.78, 5) is 22.8. The largest absolute Gasteiger partial charge is 0.460 e. The molecular weight excluding hydrogens is 349 g/mol. The van der Waals surface area contributed by atoms with E-state index in [-0.39, 0.29) is 12.8 Å². The Kier molecular flexibility index (Phi) is 6.27. The molecule has 0 rings (SSSR count). The van der Waals surface area contributed by atoms with Crippen molar-refractivity contribution in [2.75, 3.05) is 6.61 Å². The van der Waals surface area contributed by atoms with Crippen LogP contribution in [0.2, 0.25) is 0 Å². The Hall–Kier alpha value is -1.06. The van der Waals surface area contributed by atoms with Crippen LogP contribution in [0, 0.1) is 5.41 Å². The van der Waals surface area contributed by atoms with Crippen LogP contribution < -0.4 is 0 Å². The first kappa shape index (κ1) is 20.9. The number of hydrogen-bond acceptors (Lipinski definition) is 3. The third kappa shape index (κ3) is 3.64. The molecule has 0 fully saturated rings. The highest BCUT2D eigenvalue weighted by Gasteiger charge is 2.73. The van der Waals surface area contributed by atoms with Crippen LogP contribution in [0.1, 0.15) is 26.7 Å². The summed E-state index contributed by atoms with van der Waals surface area (Å²) < 4.78 is 90.7. The maximum absolute atomic E-state index is 13.0. The second kappa shape index (κ2) is 6.59. The van der Waals surface area contributed by atoms with Gasteiger partial charge < -0.3 is 4.74 Å². The van der Waals surface area contributed by atoms with Crippen LogP contribution in [0.4, 0.5) is 30.7 Å². The summed E-state index contributed by atoms with van der Waals surface area (Å²) in [5, 5.41) is -1.28. The van der Waals surface area contributed by atoms with Crippen molar-refractivity contribution in [3.8, 4) is 0 Å². The van der Waals surface area contributed by atoms with E-state index in [0.29, 0.717) is 0 Å². The molecule has 3 nitrogen and oxygen atoms in total. The zero-order chi connectivity index (χ0) is 18.0. The fraction of sp³-hybridized carbons (Fsp3) is 0.818. The molecule has 22 heavy (non-hydrogen) atoms. The maximum atomic E-state index is 13.0. The first-order valence-corrected chi connectivity index (χ1v) is 6.27. The van der Waals surface area contributed by atoms with Crippen LogP contribution in [-0.4, -0.2) is 35.8 Å². The van der Waals surface area contributed by atoms with Gasteiger partial charge in [0, 0.05) is 0 Å². The highest BCUT2D eigenvalue weighted by molar-refractivity contribution is 6.66. The molecule has 0 saturated heterocycles. The number of rotatable bonds is 7. The molecule has 0 aromatic carbocycles. The predicted octanol–water partition coefficient (Wildman–Crippen LogP) is 3.93. The normalized spacial score (nSPS) is 13.9. The van der Waals surface area contributed by atoms with E-state index >= 15 is 0 Å². The molecule has 0 atom stereocenters. The van der Waals surface area contributed by atoms with Gasteiger partial charge in [-0.15, -0.1) is 0 Å². The molecule has 0 amide bonds. The van der Waals surface area contributed by atoms with Crippen molar-refractivity contribution >= 4 is 22.8 Å². The Morgan fingerprint density at radius 1 is 0.955 bits per heavy atom. The highest BCUT2D eigenvalue weighted by atomic mass is 35.5. The molecule has 0 spiro atoms. The molecule has 0 N–H and O–H groups in total. The van der Waals surface area contributed by atoms with Crippen molar-refractivity contribution in [2.24, 2.45) is 5.41 Å². The summed E-state index contributed by atoms with van der Waals surface area (Å²) >= 11 is 5.15. The molecule has 11 heteroatoms. The van der Waals surface area contributed by atoms with E-state index < -0.39 is 41.3 Å². The SMILES string of the molecule is CCC(CC)(C(=O)Cl)C(=O)OCC(F)(F)C(F)(F)C(F)(F)F. The number of esters is 1. The van der Waals surface area contributed by atoms with Crippen molar-refractivity contribution in [2.45, 2.75) is 44.7 Å². The topological polar surface area (TPSA) is 43.4 Å². The fourth-order valence-corrected chi connectivity index (χ4v) is 1.83. The Labute approximate surface area is 125 Å². The number of hydrogen-bond donors (Lipinski definition) is 0. The lowest BCUT2D eigenvalue weighted by Crippen LogP contribution is -2.55. The lowest BCUT2D eigenvalue weighted by Gasteiger charge is -2.30. The Morgan fingerprint density at radius 3 is 1.64 bits per heavy atom. The number of carbonyl (C=O) groups excluding carboxylic acids is 2. The summed E-state index contributed by atoms with van der Waals surface area (Å²) in [6.07, 6.45) is -7.13. The van der Waals surface area contributed by atoms with E-state index in [1.165, 1.54) is 13.8 Å². The van der Waals surface area contributed by atoms with Gasteiger partial charge in [-0.25, -0.2) is 0 Å². The van der Waals surface area contributed by atoms with Crippen molar-refractivity contribution in [3.63, 3.8) is 0 Å². The minimum Gasteiger partial charge on any atom is -0.458 e. The van der Waals surface area contributed by atoms with Crippen molar-refractivity contribution in [1.29, 1.82) is 0 Å². The zero-order valence-corrected chi connectivity index (χ0v) is 12.1. The summed E-state index contributed by atoms with van der Waals surface area (Å²) in [6.45, 7) is 0.00522. The van der Waals surface area contributed by atoms with Gasteiger partial charge in [0.25, 0.3) is 0 Å². The Morgan fingerprint density at radius 2 is 1.36 bits per heavy atom. The average molecular weight is 361 g/mol. The van der Waals surface area contributed by atoms with E-state index in [2.05, 4.69) is 4.74 Å². The predicted molar refractivity (Wildman–Crippen MR) is 60.8 cm³/mol. The van der Waals surface area contributed by atoms with Gasteiger partial charge in [0.2, 0.25) is 5.24 Å². The van der Waals surface area contributed by atoms with Gasteiger partial charge in [-0.1, -0.05) is 13.8 Å². The summed E-state index contributed by atoms with van der Waals surface area (Å²) in [5.41, 5.74) is -2.08. The molecule has 0 radical (unpaired) electrons. The number of carbonyl (C=O) groups is 2. The smallest absolute Gasteiger partial charge is 0.458 e. The standard InChI is InChI=1S/C11H12ClF7O3/c1-3-8(4-2,6(12)20)7(21)22-5-9(13,14)10(15,16)11(17,18)19/h3-5H2,1-2H3. The van der Waals surface area contributed by atoms with Crippen molar-refractivity contribution in [1.82, 2.24) is 0 Å². The number of ether oxygens (including phenoxy) is 1. The first-order valence-electron chi connectivity index (χ1n) is 5.89. The third-order valence-electron chi connectivity index (χ3n) is 3.17. The minimum atomic E-state index is -6.53. The van der Waals surface area contributed by atoms with Gasteiger partial charge >= 0.3 is 24.0 Å². The Balaban J connectivity index is 5.23. The van der Waals surface area contributed by atoms with Crippen molar-refractivity contribution < 1.29 is 45.1 Å². The van der Waals surface area contributed by atoms with Crippen LogP contribution in [0.3, 0.4) is 0 Å². The molecule has 0 aromatic rings. The van der Waals surface area contributed by atoms with Gasteiger partial charge in [-0.2, -0.15) is 30.7 Å². The van der Waals surface area contributed by atoms with Crippen LogP contribution in [0.15, 0.2) is 0 Å². The molecule has 0 heterocycles. The average Bonchev–Trinajstić information content (AvgIpc) is 2.36. The summed E-state index contributed by atoms with van der Waals surface area (Å²) in [6, 6.07) is 0. The van der Waals surface area contributed by atoms with Gasteiger partial charge in [-0.3, -0.25) is 9.59 Å². The second-order valence-electron chi connectivity index (χ2n) is 4.42. The van der Waals surface area contributed by atoms with Crippen molar-refractivity contribution in [3.05, 3.63) is 0 Å². The van der Waals surface area contributed by atoms with Gasteiger partial charge in [0.1, 0.15) is 5.41 Å². The van der Waals surface area contributed by atoms with E-state index in [9.17, 15) is 40.3 Å². The third-order valence-corrected chi connectivity index (χ3v) is 3.54. The first-order chi connectivity index (χ1) is 9.69. The monoisotopic (exact) mass is 360 g/mol. The molecule has 0 aliphatic heterocycles. The molecule has 0 bridgehead atoms. The maximum Gasteiger partial charge on any atom is 0.460 e.